The van der Waals surface area contributed by atoms with Crippen molar-refractivity contribution in [1.82, 2.24) is 15.1 Å². The van der Waals surface area contributed by atoms with Gasteiger partial charge in [0.2, 0.25) is 0 Å². The second kappa shape index (κ2) is 13.7. The van der Waals surface area contributed by atoms with Gasteiger partial charge in [-0.2, -0.15) is 5.10 Å². The Hall–Kier alpha value is -3.83. The van der Waals surface area contributed by atoms with E-state index in [-0.39, 0.29) is 53.8 Å². The maximum absolute atomic E-state index is 14.2. The van der Waals surface area contributed by atoms with Crippen molar-refractivity contribution < 1.29 is 33.0 Å². The van der Waals surface area contributed by atoms with E-state index in [1.54, 1.807) is 18.2 Å². The summed E-state index contributed by atoms with van der Waals surface area (Å²) in [6.45, 7) is 4.07. The number of benzene rings is 2. The minimum Gasteiger partial charge on any atom is -0.491 e. The third-order valence-electron chi connectivity index (χ3n) is 6.90. The van der Waals surface area contributed by atoms with Gasteiger partial charge in [0, 0.05) is 18.2 Å². The van der Waals surface area contributed by atoms with Crippen LogP contribution in [0.4, 0.5) is 14.6 Å². The Kier molecular flexibility index (Phi) is 10.1. The molecule has 1 heterocycles. The Morgan fingerprint density at radius 2 is 1.93 bits per heavy atom. The number of rotatable bonds is 13. The van der Waals surface area contributed by atoms with Crippen molar-refractivity contribution in [2.24, 2.45) is 5.92 Å². The standard InChI is InChI=1S/C30H36F2N4O5/c1-18(2)12-26(30(39)41-22-7-3-4-8-22)34-15-21(37)17-40-23-9-5-6-19(13-23)28(38)24-16-35-36(29(24)33)27-11-10-20(31)14-25(27)32/h5-6,9-11,13-14,16,18,21-22,26,34,37H,3-4,7-8,12,15,17,33H2,1-2H3/t21-,26+/m1/s1. The van der Waals surface area contributed by atoms with E-state index in [2.05, 4.69) is 10.4 Å². The molecular formula is C30H36F2N4O5. The normalized spacial score (nSPS) is 15.2. The fraction of sp³-hybridized carbons (Fsp3) is 0.433. The van der Waals surface area contributed by atoms with Crippen LogP contribution in [0.1, 0.15) is 61.9 Å². The van der Waals surface area contributed by atoms with Crippen LogP contribution in [0.25, 0.3) is 5.69 Å². The molecule has 41 heavy (non-hydrogen) atoms. The highest BCUT2D eigenvalue weighted by Gasteiger charge is 2.27. The smallest absolute Gasteiger partial charge is 0.323 e. The van der Waals surface area contributed by atoms with Gasteiger partial charge in [0.25, 0.3) is 0 Å². The Labute approximate surface area is 237 Å². The van der Waals surface area contributed by atoms with Crippen LogP contribution < -0.4 is 15.8 Å². The van der Waals surface area contributed by atoms with Gasteiger partial charge in [-0.05, 0) is 62.3 Å². The van der Waals surface area contributed by atoms with Gasteiger partial charge in [0.15, 0.2) is 11.6 Å². The monoisotopic (exact) mass is 570 g/mol. The number of nitrogens with one attached hydrogen (secondary N) is 1. The van der Waals surface area contributed by atoms with Crippen LogP contribution in [0.3, 0.4) is 0 Å². The predicted molar refractivity (Wildman–Crippen MR) is 149 cm³/mol. The van der Waals surface area contributed by atoms with Crippen molar-refractivity contribution in [2.75, 3.05) is 18.9 Å². The molecule has 220 valence electrons. The number of carbonyl (C=O) groups excluding carboxylic acids is 2. The van der Waals surface area contributed by atoms with Crippen LogP contribution in [0.2, 0.25) is 0 Å². The topological polar surface area (TPSA) is 129 Å². The van der Waals surface area contributed by atoms with Crippen LogP contribution >= 0.6 is 0 Å². The number of carbonyl (C=O) groups is 2. The Bertz CT molecular complexity index is 1360. The fourth-order valence-corrected chi connectivity index (χ4v) is 4.78. The predicted octanol–water partition coefficient (Wildman–Crippen LogP) is 4.19. The number of ketones is 1. The van der Waals surface area contributed by atoms with Gasteiger partial charge in [0.05, 0.1) is 11.8 Å². The molecule has 3 aromatic rings. The summed E-state index contributed by atoms with van der Waals surface area (Å²) in [7, 11) is 0. The number of hydrogen-bond acceptors (Lipinski definition) is 8. The first-order valence-corrected chi connectivity index (χ1v) is 13.8. The van der Waals surface area contributed by atoms with E-state index < -0.39 is 29.6 Å². The molecule has 1 aliphatic carbocycles. The number of nitrogens with zero attached hydrogens (tertiary/aromatic N) is 2. The van der Waals surface area contributed by atoms with Gasteiger partial charge in [0.1, 0.15) is 47.9 Å². The second-order valence-corrected chi connectivity index (χ2v) is 10.7. The number of ether oxygens (including phenoxy) is 2. The van der Waals surface area contributed by atoms with E-state index in [9.17, 15) is 23.5 Å². The molecule has 4 rings (SSSR count). The van der Waals surface area contributed by atoms with Gasteiger partial charge < -0.3 is 25.6 Å². The lowest BCUT2D eigenvalue weighted by atomic mass is 10.0. The summed E-state index contributed by atoms with van der Waals surface area (Å²) in [5.41, 5.74) is 6.27. The van der Waals surface area contributed by atoms with Crippen molar-refractivity contribution in [2.45, 2.75) is 64.2 Å². The zero-order chi connectivity index (χ0) is 29.5. The van der Waals surface area contributed by atoms with Gasteiger partial charge in [-0.25, -0.2) is 13.5 Å². The van der Waals surface area contributed by atoms with Gasteiger partial charge in [-0.1, -0.05) is 26.0 Å². The molecule has 1 fully saturated rings. The average Bonchev–Trinajstić information content (AvgIpc) is 3.59. The lowest BCUT2D eigenvalue weighted by molar-refractivity contribution is -0.152. The maximum Gasteiger partial charge on any atom is 0.323 e. The summed E-state index contributed by atoms with van der Waals surface area (Å²) in [4.78, 5) is 25.9. The van der Waals surface area contributed by atoms with E-state index in [4.69, 9.17) is 15.2 Å². The summed E-state index contributed by atoms with van der Waals surface area (Å²) in [5, 5.41) is 17.6. The summed E-state index contributed by atoms with van der Waals surface area (Å²) < 4.78 is 39.9. The van der Waals surface area contributed by atoms with Crippen LogP contribution in [0.15, 0.2) is 48.7 Å². The first-order chi connectivity index (χ1) is 19.6. The second-order valence-electron chi connectivity index (χ2n) is 10.7. The van der Waals surface area contributed by atoms with E-state index in [1.807, 2.05) is 13.8 Å². The highest BCUT2D eigenvalue weighted by Crippen LogP contribution is 2.25. The first-order valence-electron chi connectivity index (χ1n) is 13.8. The molecule has 0 saturated heterocycles. The molecule has 1 aromatic heterocycles. The number of aliphatic hydroxyl groups is 1. The molecule has 0 unspecified atom stereocenters. The number of nitrogens with two attached hydrogens (primary N) is 1. The van der Waals surface area contributed by atoms with E-state index in [0.29, 0.717) is 18.2 Å². The zero-order valence-corrected chi connectivity index (χ0v) is 23.2. The summed E-state index contributed by atoms with van der Waals surface area (Å²) in [5.74, 6) is -1.89. The number of aliphatic hydroxyl groups excluding tert-OH is 1. The molecule has 2 atom stereocenters. The van der Waals surface area contributed by atoms with Gasteiger partial charge >= 0.3 is 5.97 Å². The summed E-state index contributed by atoms with van der Waals surface area (Å²) in [6, 6.07) is 8.74. The Balaban J connectivity index is 1.34. The summed E-state index contributed by atoms with van der Waals surface area (Å²) in [6.07, 6.45) is 4.75. The molecule has 0 spiro atoms. The highest BCUT2D eigenvalue weighted by molar-refractivity contribution is 6.11. The van der Waals surface area contributed by atoms with Crippen molar-refractivity contribution in [1.29, 1.82) is 0 Å². The number of halogens is 2. The van der Waals surface area contributed by atoms with Crippen LogP contribution in [-0.2, 0) is 9.53 Å². The van der Waals surface area contributed by atoms with Crippen LogP contribution in [0, 0.1) is 17.6 Å². The van der Waals surface area contributed by atoms with Crippen molar-refractivity contribution in [3.8, 4) is 11.4 Å². The number of esters is 1. The van der Waals surface area contributed by atoms with E-state index in [1.165, 1.54) is 18.3 Å². The summed E-state index contributed by atoms with van der Waals surface area (Å²) >= 11 is 0. The quantitative estimate of drug-likeness (QED) is 0.206. The Morgan fingerprint density at radius 3 is 2.63 bits per heavy atom. The minimum absolute atomic E-state index is 0.0315. The molecule has 2 aromatic carbocycles. The molecule has 0 bridgehead atoms. The SMILES string of the molecule is CC(C)C[C@H](NC[C@@H](O)COc1cccc(C(=O)c2cnn(-c3ccc(F)cc3F)c2N)c1)C(=O)OC1CCCC1. The molecule has 1 aliphatic rings. The van der Waals surface area contributed by atoms with E-state index >= 15 is 0 Å². The number of nitrogen functional groups attached to an aromatic ring is 1. The van der Waals surface area contributed by atoms with E-state index in [0.717, 1.165) is 36.4 Å². The zero-order valence-electron chi connectivity index (χ0n) is 23.2. The molecule has 11 heteroatoms. The lowest BCUT2D eigenvalue weighted by Gasteiger charge is -2.23. The molecular weight excluding hydrogens is 534 g/mol. The fourth-order valence-electron chi connectivity index (χ4n) is 4.78. The van der Waals surface area contributed by atoms with Crippen molar-refractivity contribution in [3.05, 3.63) is 71.4 Å². The number of aromatic nitrogens is 2. The Morgan fingerprint density at radius 1 is 1.17 bits per heavy atom. The molecule has 4 N–H and O–H groups in total. The highest BCUT2D eigenvalue weighted by atomic mass is 19.1. The third kappa shape index (κ3) is 7.89. The number of anilines is 1. The van der Waals surface area contributed by atoms with Gasteiger partial charge in [-0.3, -0.25) is 9.59 Å². The largest absolute Gasteiger partial charge is 0.491 e. The third-order valence-corrected chi connectivity index (χ3v) is 6.90. The average molecular weight is 571 g/mol. The van der Waals surface area contributed by atoms with Crippen molar-refractivity contribution >= 4 is 17.6 Å². The molecule has 9 nitrogen and oxygen atoms in total. The molecule has 0 amide bonds. The lowest BCUT2D eigenvalue weighted by Crippen LogP contribution is -2.44. The number of hydrogen-bond donors (Lipinski definition) is 3. The maximum atomic E-state index is 14.2. The molecule has 0 aliphatic heterocycles. The first kappa shape index (κ1) is 30.1. The minimum atomic E-state index is -0.928. The molecule has 0 radical (unpaired) electrons. The van der Waals surface area contributed by atoms with Crippen LogP contribution in [0.5, 0.6) is 5.75 Å². The van der Waals surface area contributed by atoms with Gasteiger partial charge in [-0.15, -0.1) is 0 Å². The molecule has 1 saturated carbocycles. The van der Waals surface area contributed by atoms with Crippen LogP contribution in [-0.4, -0.2) is 58.0 Å². The van der Waals surface area contributed by atoms with Crippen molar-refractivity contribution in [3.63, 3.8) is 0 Å².